The van der Waals surface area contributed by atoms with Gasteiger partial charge in [0.1, 0.15) is 5.82 Å². The Bertz CT molecular complexity index is 1350. The number of fused-ring (bicyclic) bond motifs is 1. The quantitative estimate of drug-likeness (QED) is 0.334. The standard InChI is InChI=1S/C32H42N6O3/c1-22-15-30(36-35-22)26-16-25(17-29(18-26)38-11-13-41-14-12-38)27(19-31(39)40)21-37-10-8-23(20-37)4-6-28-7-5-24-3-2-9-33-32(24)34-28/h5,7,15-18,23,27H,2-4,6,8-14,19-21H2,1H3,(H,33,34)(H,35,36)(H,39,40)/t23-,27-/m1/s1. The molecule has 41 heavy (non-hydrogen) atoms. The van der Waals surface area contributed by atoms with Crippen molar-refractivity contribution in [2.45, 2.75) is 51.4 Å². The highest BCUT2D eigenvalue weighted by atomic mass is 16.5. The van der Waals surface area contributed by atoms with Crippen LogP contribution < -0.4 is 10.2 Å². The second-order valence-corrected chi connectivity index (χ2v) is 11.9. The molecular formula is C32H42N6O3. The maximum atomic E-state index is 12.1. The number of aliphatic carboxylic acids is 1. The largest absolute Gasteiger partial charge is 0.481 e. The van der Waals surface area contributed by atoms with Crippen molar-refractivity contribution in [3.8, 4) is 11.3 Å². The van der Waals surface area contributed by atoms with E-state index in [4.69, 9.17) is 9.72 Å². The van der Waals surface area contributed by atoms with Gasteiger partial charge in [0.05, 0.1) is 31.0 Å². The van der Waals surface area contributed by atoms with Crippen molar-refractivity contribution in [2.24, 2.45) is 5.92 Å². The number of likely N-dealkylation sites (tertiary alicyclic amines) is 1. The van der Waals surface area contributed by atoms with Crippen LogP contribution in [0.4, 0.5) is 11.5 Å². The molecule has 0 unspecified atom stereocenters. The third-order valence-electron chi connectivity index (χ3n) is 8.83. The number of aryl methyl sites for hydroxylation is 3. The van der Waals surface area contributed by atoms with Crippen molar-refractivity contribution in [3.05, 3.63) is 58.9 Å². The normalized spacial score (nSPS) is 20.0. The van der Waals surface area contributed by atoms with E-state index in [0.717, 1.165) is 99.0 Å². The maximum Gasteiger partial charge on any atom is 0.304 e. The van der Waals surface area contributed by atoms with E-state index < -0.39 is 5.97 Å². The van der Waals surface area contributed by atoms with E-state index in [0.29, 0.717) is 19.1 Å². The lowest BCUT2D eigenvalue weighted by Crippen LogP contribution is -2.36. The van der Waals surface area contributed by atoms with Crippen molar-refractivity contribution in [2.75, 3.05) is 62.7 Å². The fourth-order valence-corrected chi connectivity index (χ4v) is 6.58. The molecule has 1 aromatic carbocycles. The Morgan fingerprint density at radius 3 is 2.85 bits per heavy atom. The molecule has 9 nitrogen and oxygen atoms in total. The Morgan fingerprint density at radius 1 is 1.17 bits per heavy atom. The number of carboxylic acid groups (broad SMARTS) is 1. The van der Waals surface area contributed by atoms with Crippen molar-refractivity contribution in [1.29, 1.82) is 0 Å². The lowest BCUT2D eigenvalue weighted by molar-refractivity contribution is -0.137. The predicted octanol–water partition coefficient (Wildman–Crippen LogP) is 4.49. The Morgan fingerprint density at radius 2 is 2.05 bits per heavy atom. The maximum absolute atomic E-state index is 12.1. The van der Waals surface area contributed by atoms with E-state index in [1.54, 1.807) is 0 Å². The van der Waals surface area contributed by atoms with Crippen LogP contribution in [0.2, 0.25) is 0 Å². The molecule has 3 aliphatic rings. The first kappa shape index (κ1) is 27.7. The summed E-state index contributed by atoms with van der Waals surface area (Å²) in [6, 6.07) is 13.0. The minimum Gasteiger partial charge on any atom is -0.481 e. The Kier molecular flexibility index (Phi) is 8.53. The summed E-state index contributed by atoms with van der Waals surface area (Å²) in [4.78, 5) is 21.8. The molecular weight excluding hydrogens is 516 g/mol. The number of nitrogens with zero attached hydrogens (tertiary/aromatic N) is 4. The van der Waals surface area contributed by atoms with E-state index in [-0.39, 0.29) is 12.3 Å². The van der Waals surface area contributed by atoms with Gasteiger partial charge < -0.3 is 25.0 Å². The molecule has 2 fully saturated rings. The summed E-state index contributed by atoms with van der Waals surface area (Å²) in [6.07, 6.45) is 5.65. The minimum absolute atomic E-state index is 0.0941. The summed E-state index contributed by atoms with van der Waals surface area (Å²) in [7, 11) is 0. The number of carbonyl (C=O) groups is 1. The van der Waals surface area contributed by atoms with Crippen LogP contribution >= 0.6 is 0 Å². The third kappa shape index (κ3) is 6.90. The summed E-state index contributed by atoms with van der Waals surface area (Å²) >= 11 is 0. The molecule has 0 saturated carbocycles. The first-order chi connectivity index (χ1) is 20.0. The molecule has 6 rings (SSSR count). The summed E-state index contributed by atoms with van der Waals surface area (Å²) in [5.41, 5.74) is 7.64. The summed E-state index contributed by atoms with van der Waals surface area (Å²) in [5.74, 6) is 0.828. The SMILES string of the molecule is Cc1cc(-c2cc([C@H](CC(=O)O)CN3CC[C@@H](CCc4ccc5c(n4)NCCC5)C3)cc(N3CCOCC3)c2)[nH]n1. The number of hydrogen-bond acceptors (Lipinski definition) is 7. The summed E-state index contributed by atoms with van der Waals surface area (Å²) < 4.78 is 5.59. The third-order valence-corrected chi connectivity index (χ3v) is 8.83. The molecule has 2 aromatic heterocycles. The molecule has 0 amide bonds. The zero-order valence-electron chi connectivity index (χ0n) is 24.1. The van der Waals surface area contributed by atoms with Crippen LogP contribution in [-0.2, 0) is 22.4 Å². The number of pyridine rings is 1. The lowest BCUT2D eigenvalue weighted by Gasteiger charge is -2.31. The van der Waals surface area contributed by atoms with Crippen LogP contribution in [0.15, 0.2) is 36.4 Å². The number of rotatable bonds is 10. The number of morpholine rings is 1. The highest BCUT2D eigenvalue weighted by molar-refractivity contribution is 5.71. The Balaban J connectivity index is 1.16. The highest BCUT2D eigenvalue weighted by Crippen LogP contribution is 2.33. The molecule has 0 aliphatic carbocycles. The molecule has 3 aliphatic heterocycles. The van der Waals surface area contributed by atoms with Crippen LogP contribution in [0, 0.1) is 12.8 Å². The van der Waals surface area contributed by atoms with Crippen molar-refractivity contribution >= 4 is 17.5 Å². The molecule has 218 valence electrons. The predicted molar refractivity (Wildman–Crippen MR) is 161 cm³/mol. The molecule has 2 atom stereocenters. The van der Waals surface area contributed by atoms with Gasteiger partial charge >= 0.3 is 5.97 Å². The average molecular weight is 559 g/mol. The number of anilines is 2. The van der Waals surface area contributed by atoms with Gasteiger partial charge in [-0.1, -0.05) is 6.07 Å². The van der Waals surface area contributed by atoms with Crippen LogP contribution in [0.3, 0.4) is 0 Å². The van der Waals surface area contributed by atoms with Gasteiger partial charge in [-0.15, -0.1) is 0 Å². The van der Waals surface area contributed by atoms with Gasteiger partial charge in [-0.05, 0) is 92.9 Å². The number of aromatic nitrogens is 3. The zero-order valence-corrected chi connectivity index (χ0v) is 24.1. The Hall–Kier alpha value is -3.43. The van der Waals surface area contributed by atoms with Crippen LogP contribution in [0.25, 0.3) is 11.3 Å². The lowest BCUT2D eigenvalue weighted by atomic mass is 9.92. The Labute approximate surface area is 242 Å². The smallest absolute Gasteiger partial charge is 0.304 e. The second-order valence-electron chi connectivity index (χ2n) is 11.9. The number of benzene rings is 1. The van der Waals surface area contributed by atoms with Gasteiger partial charge in [-0.25, -0.2) is 4.98 Å². The molecule has 9 heteroatoms. The summed E-state index contributed by atoms with van der Waals surface area (Å²) in [5, 5.41) is 20.8. The average Bonchev–Trinajstić information content (AvgIpc) is 3.64. The monoisotopic (exact) mass is 558 g/mol. The van der Waals surface area contributed by atoms with Crippen LogP contribution in [0.5, 0.6) is 0 Å². The van der Waals surface area contributed by atoms with Crippen LogP contribution in [0.1, 0.15) is 54.1 Å². The van der Waals surface area contributed by atoms with E-state index in [2.05, 4.69) is 55.6 Å². The first-order valence-electron chi connectivity index (χ1n) is 15.2. The van der Waals surface area contributed by atoms with E-state index in [1.807, 2.05) is 13.0 Å². The number of carboxylic acids is 1. The number of ether oxygens (including phenoxy) is 1. The van der Waals surface area contributed by atoms with Crippen LogP contribution in [-0.4, -0.2) is 83.6 Å². The number of H-pyrrole nitrogens is 1. The number of nitrogens with one attached hydrogen (secondary N) is 2. The van der Waals surface area contributed by atoms with Gasteiger partial charge in [0.25, 0.3) is 0 Å². The number of hydrogen-bond donors (Lipinski definition) is 3. The van der Waals surface area contributed by atoms with Gasteiger partial charge in [0.15, 0.2) is 0 Å². The van der Waals surface area contributed by atoms with Crippen molar-refractivity contribution in [1.82, 2.24) is 20.1 Å². The number of aromatic amines is 1. The van der Waals surface area contributed by atoms with Crippen molar-refractivity contribution in [3.63, 3.8) is 0 Å². The fourth-order valence-electron chi connectivity index (χ4n) is 6.58. The fraction of sp³-hybridized carbons (Fsp3) is 0.531. The van der Waals surface area contributed by atoms with Gasteiger partial charge in [0.2, 0.25) is 0 Å². The second kappa shape index (κ2) is 12.6. The minimum atomic E-state index is -0.756. The van der Waals surface area contributed by atoms with Crippen molar-refractivity contribution < 1.29 is 14.6 Å². The molecule has 0 spiro atoms. The molecule has 3 aromatic rings. The van der Waals surface area contributed by atoms with Gasteiger partial charge in [-0.2, -0.15) is 5.10 Å². The van der Waals surface area contributed by atoms with E-state index in [1.165, 1.54) is 17.7 Å². The van der Waals surface area contributed by atoms with E-state index in [9.17, 15) is 9.90 Å². The molecule has 5 heterocycles. The molecule has 0 radical (unpaired) electrons. The summed E-state index contributed by atoms with van der Waals surface area (Å²) in [6.45, 7) is 8.82. The molecule has 2 saturated heterocycles. The topological polar surface area (TPSA) is 107 Å². The zero-order chi connectivity index (χ0) is 28.2. The highest BCUT2D eigenvalue weighted by Gasteiger charge is 2.28. The van der Waals surface area contributed by atoms with Gasteiger partial charge in [-0.3, -0.25) is 9.89 Å². The molecule has 3 N–H and O–H groups in total. The van der Waals surface area contributed by atoms with Gasteiger partial charge in [0, 0.05) is 55.6 Å². The first-order valence-corrected chi connectivity index (χ1v) is 15.2. The molecule has 0 bridgehead atoms. The van der Waals surface area contributed by atoms with E-state index >= 15 is 0 Å².